The zero-order valence-corrected chi connectivity index (χ0v) is 16.6. The molecule has 1 aromatic rings. The minimum absolute atomic E-state index is 0.0486. The van der Waals surface area contributed by atoms with Crippen molar-refractivity contribution in [1.82, 2.24) is 20.0 Å². The number of urea groups is 2. The summed E-state index contributed by atoms with van der Waals surface area (Å²) in [5, 5.41) is 3.13. The zero-order valence-electron chi connectivity index (χ0n) is 16.6. The molecule has 3 unspecified atom stereocenters. The minimum atomic E-state index is -0.537. The summed E-state index contributed by atoms with van der Waals surface area (Å²) >= 11 is 0. The van der Waals surface area contributed by atoms with Crippen LogP contribution >= 0.6 is 0 Å². The average molecular weight is 396 g/mol. The number of fused-ring (bicyclic) bond motifs is 1. The molecule has 2 saturated carbocycles. The number of benzene rings is 1. The fourth-order valence-corrected chi connectivity index (χ4v) is 5.14. The van der Waals surface area contributed by atoms with E-state index in [1.54, 1.807) is 9.80 Å². The van der Waals surface area contributed by atoms with E-state index < -0.39 is 6.04 Å². The first-order chi connectivity index (χ1) is 14.1. The van der Waals surface area contributed by atoms with Gasteiger partial charge in [0.15, 0.2) is 0 Å². The number of nitrogens with one attached hydrogen (secondary N) is 1. The minimum Gasteiger partial charge on any atom is -0.335 e. The number of carbonyl (C=O) groups is 3. The quantitative estimate of drug-likeness (QED) is 0.798. The summed E-state index contributed by atoms with van der Waals surface area (Å²) in [6.45, 7) is 1.20. The number of hydrogen-bond donors (Lipinski definition) is 1. The van der Waals surface area contributed by atoms with Gasteiger partial charge in [-0.3, -0.25) is 9.69 Å². The van der Waals surface area contributed by atoms with E-state index in [0.29, 0.717) is 19.6 Å². The van der Waals surface area contributed by atoms with Crippen LogP contribution in [0.4, 0.5) is 9.59 Å². The first-order valence-corrected chi connectivity index (χ1v) is 10.9. The number of carbonyl (C=O) groups excluding carboxylic acids is 3. The van der Waals surface area contributed by atoms with Crippen LogP contribution in [0.3, 0.4) is 0 Å². The number of hydrogen-bond acceptors (Lipinski definition) is 3. The summed E-state index contributed by atoms with van der Waals surface area (Å²) < 4.78 is 0. The van der Waals surface area contributed by atoms with Crippen LogP contribution in [0.25, 0.3) is 0 Å². The van der Waals surface area contributed by atoms with E-state index in [-0.39, 0.29) is 36.0 Å². The standard InChI is InChI=1S/C22H28N4O3/c27-20-19-14-24(21(28)23-16-9-5-2-6-10-16)11-12-25(19)22(29)26(20)18-13-17(18)15-7-3-1-4-8-15/h1,3-4,7-8,16-19H,2,5-6,9-14H2,(H,23,28). The van der Waals surface area contributed by atoms with Gasteiger partial charge in [0, 0.05) is 31.1 Å². The van der Waals surface area contributed by atoms with E-state index >= 15 is 0 Å². The Bertz CT molecular complexity index is 808. The van der Waals surface area contributed by atoms with Gasteiger partial charge < -0.3 is 15.1 Å². The monoisotopic (exact) mass is 396 g/mol. The Kier molecular flexibility index (Phi) is 4.68. The molecule has 0 spiro atoms. The van der Waals surface area contributed by atoms with Crippen LogP contribution in [0.5, 0.6) is 0 Å². The smallest absolute Gasteiger partial charge is 0.327 e. The molecule has 0 radical (unpaired) electrons. The molecule has 1 N–H and O–H groups in total. The number of amides is 5. The van der Waals surface area contributed by atoms with Gasteiger partial charge in [-0.25, -0.2) is 9.59 Å². The van der Waals surface area contributed by atoms with Crippen molar-refractivity contribution in [3.8, 4) is 0 Å². The predicted octanol–water partition coefficient (Wildman–Crippen LogP) is 2.53. The highest BCUT2D eigenvalue weighted by molar-refractivity contribution is 6.05. The van der Waals surface area contributed by atoms with Gasteiger partial charge in [0.05, 0.1) is 6.54 Å². The zero-order chi connectivity index (χ0) is 20.0. The van der Waals surface area contributed by atoms with Gasteiger partial charge >= 0.3 is 12.1 Å². The van der Waals surface area contributed by atoms with Crippen LogP contribution in [0.2, 0.25) is 0 Å². The Morgan fingerprint density at radius 2 is 1.76 bits per heavy atom. The lowest BCUT2D eigenvalue weighted by atomic mass is 9.96. The molecular formula is C22H28N4O3. The molecule has 5 rings (SSSR count). The van der Waals surface area contributed by atoms with Crippen LogP contribution in [-0.2, 0) is 4.79 Å². The van der Waals surface area contributed by atoms with E-state index in [0.717, 1.165) is 32.1 Å². The second-order valence-electron chi connectivity index (χ2n) is 8.75. The Morgan fingerprint density at radius 1 is 1.00 bits per heavy atom. The third kappa shape index (κ3) is 3.36. The summed E-state index contributed by atoms with van der Waals surface area (Å²) in [5.74, 6) is 0.0877. The summed E-state index contributed by atoms with van der Waals surface area (Å²) in [6, 6.07) is 9.44. The number of rotatable bonds is 3. The van der Waals surface area contributed by atoms with Crippen molar-refractivity contribution in [2.75, 3.05) is 19.6 Å². The fraction of sp³-hybridized carbons (Fsp3) is 0.591. The second-order valence-corrected chi connectivity index (χ2v) is 8.75. The van der Waals surface area contributed by atoms with Crippen molar-refractivity contribution in [3.63, 3.8) is 0 Å². The molecule has 2 saturated heterocycles. The van der Waals surface area contributed by atoms with Gasteiger partial charge in [-0.15, -0.1) is 0 Å². The Morgan fingerprint density at radius 3 is 2.52 bits per heavy atom. The van der Waals surface area contributed by atoms with Crippen LogP contribution < -0.4 is 5.32 Å². The van der Waals surface area contributed by atoms with Crippen LogP contribution in [0.1, 0.15) is 50.0 Å². The molecular weight excluding hydrogens is 368 g/mol. The van der Waals surface area contributed by atoms with Crippen LogP contribution in [-0.4, -0.2) is 70.4 Å². The normalized spacial score (nSPS) is 29.8. The lowest BCUT2D eigenvalue weighted by Crippen LogP contribution is -2.57. The predicted molar refractivity (Wildman–Crippen MR) is 107 cm³/mol. The molecule has 3 atom stereocenters. The van der Waals surface area contributed by atoms with Crippen molar-refractivity contribution in [1.29, 1.82) is 0 Å². The van der Waals surface area contributed by atoms with E-state index in [1.165, 1.54) is 16.9 Å². The molecule has 29 heavy (non-hydrogen) atoms. The molecule has 0 bridgehead atoms. The van der Waals surface area contributed by atoms with Crippen molar-refractivity contribution >= 4 is 18.0 Å². The highest BCUT2D eigenvalue weighted by atomic mass is 16.2. The third-order valence-electron chi connectivity index (χ3n) is 6.89. The summed E-state index contributed by atoms with van der Waals surface area (Å²) in [5.41, 5.74) is 1.18. The van der Waals surface area contributed by atoms with Gasteiger partial charge in [0.25, 0.3) is 5.91 Å². The summed E-state index contributed by atoms with van der Waals surface area (Å²) in [4.78, 5) is 43.5. The van der Waals surface area contributed by atoms with Crippen molar-refractivity contribution in [3.05, 3.63) is 35.9 Å². The Hall–Kier alpha value is -2.57. The summed E-state index contributed by atoms with van der Waals surface area (Å²) in [7, 11) is 0. The molecule has 4 fully saturated rings. The lowest BCUT2D eigenvalue weighted by Gasteiger charge is -2.36. The van der Waals surface area contributed by atoms with Gasteiger partial charge in [-0.1, -0.05) is 49.6 Å². The molecule has 154 valence electrons. The molecule has 5 amide bonds. The topological polar surface area (TPSA) is 73.0 Å². The average Bonchev–Trinajstić information content (AvgIpc) is 3.50. The molecule has 7 nitrogen and oxygen atoms in total. The first kappa shape index (κ1) is 18.5. The molecule has 2 heterocycles. The van der Waals surface area contributed by atoms with Crippen molar-refractivity contribution in [2.45, 2.75) is 62.6 Å². The second kappa shape index (κ2) is 7.35. The maximum atomic E-state index is 13.1. The Balaban J connectivity index is 1.23. The van der Waals surface area contributed by atoms with Gasteiger partial charge in [-0.2, -0.15) is 0 Å². The number of imide groups is 1. The molecule has 2 aliphatic heterocycles. The number of nitrogens with zero attached hydrogens (tertiary/aromatic N) is 3. The number of piperazine rings is 1. The first-order valence-electron chi connectivity index (χ1n) is 10.9. The highest BCUT2D eigenvalue weighted by Gasteiger charge is 2.56. The van der Waals surface area contributed by atoms with E-state index in [2.05, 4.69) is 17.4 Å². The van der Waals surface area contributed by atoms with Crippen LogP contribution in [0.15, 0.2) is 30.3 Å². The Labute approximate surface area is 171 Å². The van der Waals surface area contributed by atoms with Gasteiger partial charge in [-0.05, 0) is 24.8 Å². The fourth-order valence-electron chi connectivity index (χ4n) is 5.14. The van der Waals surface area contributed by atoms with Crippen molar-refractivity contribution < 1.29 is 14.4 Å². The molecule has 0 aromatic heterocycles. The van der Waals surface area contributed by atoms with E-state index in [9.17, 15) is 14.4 Å². The molecule has 1 aromatic carbocycles. The van der Waals surface area contributed by atoms with Crippen molar-refractivity contribution in [2.24, 2.45) is 0 Å². The highest BCUT2D eigenvalue weighted by Crippen LogP contribution is 2.46. The SMILES string of the molecule is O=C(NC1CCCCC1)N1CCN2C(=O)N(C3CC3c3ccccc3)C(=O)C2C1. The molecule has 2 aliphatic carbocycles. The summed E-state index contributed by atoms with van der Waals surface area (Å²) in [6.07, 6.45) is 6.45. The molecule has 4 aliphatic rings. The van der Waals surface area contributed by atoms with E-state index in [4.69, 9.17) is 0 Å². The molecule has 7 heteroatoms. The maximum Gasteiger partial charge on any atom is 0.327 e. The maximum absolute atomic E-state index is 13.1. The lowest BCUT2D eigenvalue weighted by molar-refractivity contribution is -0.129. The van der Waals surface area contributed by atoms with Gasteiger partial charge in [0.1, 0.15) is 6.04 Å². The van der Waals surface area contributed by atoms with E-state index in [1.807, 2.05) is 18.2 Å². The van der Waals surface area contributed by atoms with Crippen LogP contribution in [0, 0.1) is 0 Å². The largest absolute Gasteiger partial charge is 0.335 e. The third-order valence-corrected chi connectivity index (χ3v) is 6.89. The van der Waals surface area contributed by atoms with Gasteiger partial charge in [0.2, 0.25) is 0 Å².